The number of halogens is 3. The van der Waals surface area contributed by atoms with Gasteiger partial charge in [0.25, 0.3) is 0 Å². The fourth-order valence-electron chi connectivity index (χ4n) is 1.69. The van der Waals surface area contributed by atoms with Crippen molar-refractivity contribution in [2.24, 2.45) is 0 Å². The van der Waals surface area contributed by atoms with Crippen LogP contribution in [-0.2, 0) is 9.47 Å². The maximum Gasteiger partial charge on any atom is 0.340 e. The number of esters is 2. The van der Waals surface area contributed by atoms with E-state index in [0.717, 1.165) is 0 Å². The molecular formula is C16H19I3O6. The molecule has 0 heterocycles. The minimum atomic E-state index is -0.719. The van der Waals surface area contributed by atoms with Crippen LogP contribution in [0.25, 0.3) is 0 Å². The molecule has 0 saturated heterocycles. The van der Waals surface area contributed by atoms with Crippen molar-refractivity contribution >= 4 is 79.7 Å². The van der Waals surface area contributed by atoms with E-state index in [0.29, 0.717) is 23.6 Å². The molecule has 140 valence electrons. The Morgan fingerprint density at radius 3 is 1.60 bits per heavy atom. The molecule has 0 fully saturated rings. The van der Waals surface area contributed by atoms with Crippen molar-refractivity contribution in [1.82, 2.24) is 0 Å². The van der Waals surface area contributed by atoms with Crippen LogP contribution in [0.5, 0.6) is 0 Å². The van der Waals surface area contributed by atoms with Crippen molar-refractivity contribution in [3.8, 4) is 0 Å². The number of rotatable bonds is 8. The Labute approximate surface area is 187 Å². The molecule has 0 radical (unpaired) electrons. The third-order valence-corrected chi connectivity index (χ3v) is 6.11. The van der Waals surface area contributed by atoms with Crippen LogP contribution >= 0.6 is 67.8 Å². The number of aliphatic hydroxyl groups is 2. The number of aliphatic hydroxyl groups excluding tert-OH is 2. The second kappa shape index (κ2) is 11.2. The number of carbonyl (C=O) groups excluding carboxylic acids is 2. The molecule has 0 saturated carbocycles. The third kappa shape index (κ3) is 6.74. The summed E-state index contributed by atoms with van der Waals surface area (Å²) in [5.41, 5.74) is 0.542. The van der Waals surface area contributed by atoms with Gasteiger partial charge in [0.1, 0.15) is 13.2 Å². The first-order valence-corrected chi connectivity index (χ1v) is 10.8. The molecule has 2 atom stereocenters. The van der Waals surface area contributed by atoms with Crippen molar-refractivity contribution < 1.29 is 29.3 Å². The highest BCUT2D eigenvalue weighted by Crippen LogP contribution is 2.29. The summed E-state index contributed by atoms with van der Waals surface area (Å²) in [5.74, 6) is -1.19. The Bertz CT molecular complexity index is 585. The first-order valence-electron chi connectivity index (χ1n) is 7.60. The summed E-state index contributed by atoms with van der Waals surface area (Å²) < 4.78 is 12.0. The summed E-state index contributed by atoms with van der Waals surface area (Å²) in [5, 5.41) is 19.1. The minimum absolute atomic E-state index is 0.101. The quantitative estimate of drug-likeness (QED) is 0.322. The lowest BCUT2D eigenvalue weighted by atomic mass is 10.1. The van der Waals surface area contributed by atoms with Crippen LogP contribution < -0.4 is 0 Å². The van der Waals surface area contributed by atoms with Crippen LogP contribution in [0, 0.1) is 10.7 Å². The normalized spacial score (nSPS) is 13.2. The van der Waals surface area contributed by atoms with Gasteiger partial charge in [-0.25, -0.2) is 9.59 Å². The lowest BCUT2D eigenvalue weighted by Crippen LogP contribution is -2.22. The van der Waals surface area contributed by atoms with Crippen LogP contribution in [-0.4, -0.2) is 47.6 Å². The van der Waals surface area contributed by atoms with E-state index in [1.165, 1.54) is 0 Å². The predicted molar refractivity (Wildman–Crippen MR) is 118 cm³/mol. The molecular weight excluding hydrogens is 669 g/mol. The van der Waals surface area contributed by atoms with Gasteiger partial charge in [-0.2, -0.15) is 0 Å². The molecule has 1 rings (SSSR count). The summed E-state index contributed by atoms with van der Waals surface area (Å²) in [6, 6.07) is 1.70. The van der Waals surface area contributed by atoms with Gasteiger partial charge in [0.2, 0.25) is 0 Å². The van der Waals surface area contributed by atoms with Crippen LogP contribution in [0.2, 0.25) is 0 Å². The molecule has 0 aliphatic heterocycles. The molecule has 0 aromatic heterocycles. The van der Waals surface area contributed by atoms with Gasteiger partial charge in [-0.3, -0.25) is 0 Å². The van der Waals surface area contributed by atoms with Gasteiger partial charge in [0.05, 0.1) is 23.3 Å². The number of ether oxygens (including phenoxy) is 2. The van der Waals surface area contributed by atoms with E-state index in [1.54, 1.807) is 19.9 Å². The van der Waals surface area contributed by atoms with Crippen molar-refractivity contribution in [3.63, 3.8) is 0 Å². The van der Waals surface area contributed by atoms with Crippen molar-refractivity contribution in [2.75, 3.05) is 13.2 Å². The molecule has 25 heavy (non-hydrogen) atoms. The fraction of sp³-hybridized carbons (Fsp3) is 0.500. The van der Waals surface area contributed by atoms with E-state index < -0.39 is 24.1 Å². The lowest BCUT2D eigenvalue weighted by Gasteiger charge is -2.15. The Hall–Kier alpha value is 0.270. The Balaban J connectivity index is 3.08. The molecule has 0 amide bonds. The number of hydrogen-bond acceptors (Lipinski definition) is 6. The molecule has 0 aliphatic carbocycles. The molecule has 9 heteroatoms. The van der Waals surface area contributed by atoms with Crippen LogP contribution in [0.4, 0.5) is 0 Å². The van der Waals surface area contributed by atoms with E-state index in [9.17, 15) is 19.8 Å². The van der Waals surface area contributed by atoms with Gasteiger partial charge in [0, 0.05) is 10.7 Å². The number of hydrogen-bond donors (Lipinski definition) is 2. The number of carbonyl (C=O) groups is 2. The standard InChI is InChI=1S/C16H19I3O6/c1-3-8(20)6-24-15(22)12-10(17)5-11(18)13(14(12)19)16(23)25-7-9(21)4-2/h5,8-9,20-21H,3-4,6-7H2,1-2H3. The molecule has 2 unspecified atom stereocenters. The second-order valence-corrected chi connectivity index (χ2v) is 8.63. The van der Waals surface area contributed by atoms with Crippen molar-refractivity contribution in [3.05, 3.63) is 27.9 Å². The first-order chi connectivity index (χ1) is 11.7. The van der Waals surface area contributed by atoms with Crippen LogP contribution in [0.1, 0.15) is 47.4 Å². The SMILES string of the molecule is CCC(O)COC(=O)c1c(I)cc(I)c(C(=O)OCC(O)CC)c1I. The average Bonchev–Trinajstić information content (AvgIpc) is 2.56. The molecule has 6 nitrogen and oxygen atoms in total. The van der Waals surface area contributed by atoms with E-state index in [-0.39, 0.29) is 24.3 Å². The molecule has 2 N–H and O–H groups in total. The Morgan fingerprint density at radius 2 is 1.28 bits per heavy atom. The van der Waals surface area contributed by atoms with E-state index in [2.05, 4.69) is 0 Å². The summed E-state index contributed by atoms with van der Waals surface area (Å²) >= 11 is 5.93. The van der Waals surface area contributed by atoms with Gasteiger partial charge in [0.15, 0.2) is 0 Å². The van der Waals surface area contributed by atoms with Gasteiger partial charge >= 0.3 is 11.9 Å². The smallest absolute Gasteiger partial charge is 0.340 e. The third-order valence-electron chi connectivity index (χ3n) is 3.33. The molecule has 1 aromatic rings. The van der Waals surface area contributed by atoms with E-state index in [1.807, 2.05) is 67.8 Å². The van der Waals surface area contributed by atoms with Gasteiger partial charge in [-0.1, -0.05) is 13.8 Å². The molecule has 1 aromatic carbocycles. The highest BCUT2D eigenvalue weighted by atomic mass is 127. The van der Waals surface area contributed by atoms with Crippen molar-refractivity contribution in [1.29, 1.82) is 0 Å². The van der Waals surface area contributed by atoms with Gasteiger partial charge in [-0.05, 0) is 86.7 Å². The fourth-order valence-corrected chi connectivity index (χ4v) is 5.94. The Morgan fingerprint density at radius 1 is 0.920 bits per heavy atom. The van der Waals surface area contributed by atoms with E-state index in [4.69, 9.17) is 9.47 Å². The molecule has 0 spiro atoms. The van der Waals surface area contributed by atoms with Crippen LogP contribution in [0.3, 0.4) is 0 Å². The summed E-state index contributed by atoms with van der Waals surface area (Å²) in [6.07, 6.45) is -0.483. The van der Waals surface area contributed by atoms with Crippen LogP contribution in [0.15, 0.2) is 6.07 Å². The lowest BCUT2D eigenvalue weighted by molar-refractivity contribution is 0.0241. The first kappa shape index (κ1) is 23.3. The van der Waals surface area contributed by atoms with Crippen molar-refractivity contribution in [2.45, 2.75) is 38.9 Å². The van der Waals surface area contributed by atoms with Gasteiger partial charge < -0.3 is 19.7 Å². The number of benzene rings is 1. The average molecular weight is 688 g/mol. The Kier molecular flexibility index (Phi) is 10.4. The molecule has 0 aliphatic rings. The zero-order valence-electron chi connectivity index (χ0n) is 13.7. The minimum Gasteiger partial charge on any atom is -0.459 e. The summed E-state index contributed by atoms with van der Waals surface area (Å²) in [4.78, 5) is 24.7. The second-order valence-electron chi connectivity index (χ2n) is 5.23. The zero-order chi connectivity index (χ0) is 19.1. The largest absolute Gasteiger partial charge is 0.459 e. The predicted octanol–water partition coefficient (Wildman–Crippen LogP) is 3.36. The summed E-state index contributed by atoms with van der Waals surface area (Å²) in [7, 11) is 0. The molecule has 0 bridgehead atoms. The highest BCUT2D eigenvalue weighted by molar-refractivity contribution is 14.1. The maximum absolute atomic E-state index is 12.4. The monoisotopic (exact) mass is 688 g/mol. The summed E-state index contributed by atoms with van der Waals surface area (Å²) in [6.45, 7) is 3.37. The topological polar surface area (TPSA) is 93.1 Å². The maximum atomic E-state index is 12.4. The van der Waals surface area contributed by atoms with Gasteiger partial charge in [-0.15, -0.1) is 0 Å². The zero-order valence-corrected chi connectivity index (χ0v) is 20.2. The highest BCUT2D eigenvalue weighted by Gasteiger charge is 2.26. The van der Waals surface area contributed by atoms with E-state index >= 15 is 0 Å².